The molecular formula is C16H23NO2. The molecule has 1 saturated heterocycles. The van der Waals surface area contributed by atoms with Crippen molar-refractivity contribution in [2.75, 3.05) is 13.1 Å². The van der Waals surface area contributed by atoms with Gasteiger partial charge in [0.1, 0.15) is 6.04 Å². The minimum atomic E-state index is -0.672. The van der Waals surface area contributed by atoms with E-state index in [1.165, 1.54) is 17.5 Å². The van der Waals surface area contributed by atoms with Crippen LogP contribution in [0.25, 0.3) is 0 Å². The highest BCUT2D eigenvalue weighted by Crippen LogP contribution is 2.17. The van der Waals surface area contributed by atoms with Crippen LogP contribution in [-0.4, -0.2) is 35.1 Å². The number of piperidine rings is 1. The van der Waals surface area contributed by atoms with Crippen LogP contribution >= 0.6 is 0 Å². The van der Waals surface area contributed by atoms with Gasteiger partial charge >= 0.3 is 5.97 Å². The van der Waals surface area contributed by atoms with Gasteiger partial charge in [0.05, 0.1) is 0 Å². The van der Waals surface area contributed by atoms with Gasteiger partial charge in [-0.25, -0.2) is 0 Å². The summed E-state index contributed by atoms with van der Waals surface area (Å²) < 4.78 is 0. The Bertz CT molecular complexity index is 425. The monoisotopic (exact) mass is 261 g/mol. The first kappa shape index (κ1) is 14.1. The number of benzene rings is 1. The Morgan fingerprint density at radius 1 is 1.32 bits per heavy atom. The van der Waals surface area contributed by atoms with Gasteiger partial charge in [0, 0.05) is 0 Å². The van der Waals surface area contributed by atoms with Gasteiger partial charge in [0.15, 0.2) is 0 Å². The molecule has 19 heavy (non-hydrogen) atoms. The zero-order chi connectivity index (χ0) is 13.7. The number of carboxylic acid groups (broad SMARTS) is 1. The molecule has 1 fully saturated rings. The molecule has 0 spiro atoms. The van der Waals surface area contributed by atoms with Gasteiger partial charge in [0.25, 0.3) is 0 Å². The molecule has 1 N–H and O–H groups in total. The third-order valence-electron chi connectivity index (χ3n) is 3.91. The Morgan fingerprint density at radius 3 is 2.68 bits per heavy atom. The van der Waals surface area contributed by atoms with Crippen LogP contribution in [0, 0.1) is 6.92 Å². The molecule has 0 aliphatic carbocycles. The Balaban J connectivity index is 1.95. The molecule has 3 nitrogen and oxygen atoms in total. The molecule has 1 aliphatic heterocycles. The fraction of sp³-hybridized carbons (Fsp3) is 0.562. The molecule has 0 bridgehead atoms. The van der Waals surface area contributed by atoms with Crippen LogP contribution < -0.4 is 0 Å². The summed E-state index contributed by atoms with van der Waals surface area (Å²) in [5.74, 6) is -0.672. The third kappa shape index (κ3) is 4.06. The first-order valence-corrected chi connectivity index (χ1v) is 7.19. The first-order valence-electron chi connectivity index (χ1n) is 7.19. The van der Waals surface area contributed by atoms with Crippen LogP contribution in [0.2, 0.25) is 0 Å². The largest absolute Gasteiger partial charge is 0.480 e. The van der Waals surface area contributed by atoms with Gasteiger partial charge < -0.3 is 5.11 Å². The summed E-state index contributed by atoms with van der Waals surface area (Å²) in [7, 11) is 0. The van der Waals surface area contributed by atoms with Gasteiger partial charge in [-0.1, -0.05) is 36.2 Å². The molecule has 1 aromatic rings. The van der Waals surface area contributed by atoms with E-state index in [1.807, 2.05) is 6.07 Å². The molecule has 2 rings (SSSR count). The highest BCUT2D eigenvalue weighted by atomic mass is 16.4. The highest BCUT2D eigenvalue weighted by Gasteiger charge is 2.26. The van der Waals surface area contributed by atoms with Crippen molar-refractivity contribution in [1.82, 2.24) is 4.90 Å². The van der Waals surface area contributed by atoms with Crippen molar-refractivity contribution in [3.8, 4) is 0 Å². The van der Waals surface area contributed by atoms with Gasteiger partial charge in [-0.2, -0.15) is 0 Å². The topological polar surface area (TPSA) is 40.5 Å². The maximum Gasteiger partial charge on any atom is 0.320 e. The molecule has 3 heteroatoms. The second-order valence-electron chi connectivity index (χ2n) is 5.48. The van der Waals surface area contributed by atoms with Crippen molar-refractivity contribution in [2.24, 2.45) is 0 Å². The summed E-state index contributed by atoms with van der Waals surface area (Å²) in [6.07, 6.45) is 5.05. The second kappa shape index (κ2) is 6.71. The number of rotatable bonds is 5. The van der Waals surface area contributed by atoms with E-state index in [2.05, 4.69) is 30.0 Å². The predicted molar refractivity (Wildman–Crippen MR) is 76.3 cm³/mol. The number of aliphatic carboxylic acids is 1. The van der Waals surface area contributed by atoms with Gasteiger partial charge in [-0.05, 0) is 51.3 Å². The summed E-state index contributed by atoms with van der Waals surface area (Å²) in [5, 5.41) is 9.42. The van der Waals surface area contributed by atoms with Crippen LogP contribution in [0.1, 0.15) is 36.8 Å². The Kier molecular flexibility index (Phi) is 4.97. The Morgan fingerprint density at radius 2 is 2.05 bits per heavy atom. The standard InChI is InChI=1S/C16H23NO2/c1-13-6-5-7-14(12-13)8-9-15(16(18)19)17-10-3-2-4-11-17/h5-7,12,15H,2-4,8-11H2,1H3,(H,18,19). The summed E-state index contributed by atoms with van der Waals surface area (Å²) in [6, 6.07) is 8.03. The third-order valence-corrected chi connectivity index (χ3v) is 3.91. The number of nitrogens with zero attached hydrogens (tertiary/aromatic N) is 1. The minimum Gasteiger partial charge on any atom is -0.480 e. The highest BCUT2D eigenvalue weighted by molar-refractivity contribution is 5.73. The summed E-state index contributed by atoms with van der Waals surface area (Å²) in [4.78, 5) is 13.6. The van der Waals surface area contributed by atoms with Gasteiger partial charge in [-0.15, -0.1) is 0 Å². The summed E-state index contributed by atoms with van der Waals surface area (Å²) >= 11 is 0. The fourth-order valence-corrected chi connectivity index (χ4v) is 2.86. The van der Waals surface area contributed by atoms with Crippen molar-refractivity contribution < 1.29 is 9.90 Å². The molecule has 0 saturated carbocycles. The molecule has 0 aromatic heterocycles. The first-order chi connectivity index (χ1) is 9.16. The molecular weight excluding hydrogens is 238 g/mol. The van der Waals surface area contributed by atoms with Gasteiger partial charge in [0.2, 0.25) is 0 Å². The molecule has 0 amide bonds. The van der Waals surface area contributed by atoms with E-state index < -0.39 is 5.97 Å². The zero-order valence-corrected chi connectivity index (χ0v) is 11.6. The summed E-state index contributed by atoms with van der Waals surface area (Å²) in [5.41, 5.74) is 2.48. The number of likely N-dealkylation sites (tertiary alicyclic amines) is 1. The van der Waals surface area contributed by atoms with Crippen molar-refractivity contribution in [1.29, 1.82) is 0 Å². The Hall–Kier alpha value is -1.35. The average Bonchev–Trinajstić information content (AvgIpc) is 2.40. The van der Waals surface area contributed by atoms with Crippen LogP contribution in [0.4, 0.5) is 0 Å². The lowest BCUT2D eigenvalue weighted by molar-refractivity contribution is -0.144. The fourth-order valence-electron chi connectivity index (χ4n) is 2.86. The van der Waals surface area contributed by atoms with E-state index in [1.54, 1.807) is 0 Å². The van der Waals surface area contributed by atoms with E-state index in [4.69, 9.17) is 0 Å². The average molecular weight is 261 g/mol. The van der Waals surface area contributed by atoms with Crippen LogP contribution in [0.3, 0.4) is 0 Å². The lowest BCUT2D eigenvalue weighted by Crippen LogP contribution is -2.44. The quantitative estimate of drug-likeness (QED) is 0.886. The Labute approximate surface area is 115 Å². The van der Waals surface area contributed by atoms with E-state index >= 15 is 0 Å². The van der Waals surface area contributed by atoms with E-state index in [9.17, 15) is 9.90 Å². The molecule has 0 radical (unpaired) electrons. The molecule has 1 atom stereocenters. The smallest absolute Gasteiger partial charge is 0.320 e. The van der Waals surface area contributed by atoms with E-state index in [-0.39, 0.29) is 6.04 Å². The van der Waals surface area contributed by atoms with E-state index in [0.29, 0.717) is 6.42 Å². The van der Waals surface area contributed by atoms with Crippen LogP contribution in [0.15, 0.2) is 24.3 Å². The van der Waals surface area contributed by atoms with Crippen molar-refractivity contribution >= 4 is 5.97 Å². The molecule has 1 aromatic carbocycles. The van der Waals surface area contributed by atoms with E-state index in [0.717, 1.165) is 32.4 Å². The molecule has 104 valence electrons. The van der Waals surface area contributed by atoms with Crippen LogP contribution in [0.5, 0.6) is 0 Å². The molecule has 1 heterocycles. The predicted octanol–water partition coefficient (Wildman–Crippen LogP) is 2.87. The lowest BCUT2D eigenvalue weighted by Gasteiger charge is -2.32. The molecule has 1 aliphatic rings. The maximum absolute atomic E-state index is 11.4. The minimum absolute atomic E-state index is 0.319. The van der Waals surface area contributed by atoms with Crippen molar-refractivity contribution in [3.63, 3.8) is 0 Å². The maximum atomic E-state index is 11.4. The zero-order valence-electron chi connectivity index (χ0n) is 11.6. The molecule has 1 unspecified atom stereocenters. The number of carboxylic acids is 1. The van der Waals surface area contributed by atoms with Crippen LogP contribution in [-0.2, 0) is 11.2 Å². The lowest BCUT2D eigenvalue weighted by atomic mass is 10.0. The van der Waals surface area contributed by atoms with Crippen molar-refractivity contribution in [3.05, 3.63) is 35.4 Å². The second-order valence-corrected chi connectivity index (χ2v) is 5.48. The summed E-state index contributed by atoms with van der Waals surface area (Å²) in [6.45, 7) is 3.94. The number of carbonyl (C=O) groups is 1. The van der Waals surface area contributed by atoms with Gasteiger partial charge in [-0.3, -0.25) is 9.69 Å². The number of hydrogen-bond donors (Lipinski definition) is 1. The SMILES string of the molecule is Cc1cccc(CCC(C(=O)O)N2CCCCC2)c1. The normalized spacial score (nSPS) is 18.2. The number of hydrogen-bond acceptors (Lipinski definition) is 2. The number of aryl methyl sites for hydroxylation is 2. The van der Waals surface area contributed by atoms with Crippen molar-refractivity contribution in [2.45, 2.75) is 45.1 Å².